The van der Waals surface area contributed by atoms with Crippen molar-refractivity contribution in [3.63, 3.8) is 0 Å². The molecule has 2 heterocycles. The highest BCUT2D eigenvalue weighted by molar-refractivity contribution is 5.32. The first-order valence-corrected chi connectivity index (χ1v) is 9.40. The summed E-state index contributed by atoms with van der Waals surface area (Å²) in [6.45, 7) is 0.970. The van der Waals surface area contributed by atoms with E-state index < -0.39 is 0 Å². The minimum atomic E-state index is -0.196. The number of nitrogens with one attached hydrogen (secondary N) is 1. The van der Waals surface area contributed by atoms with Crippen molar-refractivity contribution in [2.24, 2.45) is 0 Å². The normalized spacial score (nSPS) is 31.2. The molecular formula is C22H26F2N2. The maximum Gasteiger partial charge on any atom is 0.123 e. The average molecular weight is 356 g/mol. The Morgan fingerprint density at radius 1 is 0.846 bits per heavy atom. The summed E-state index contributed by atoms with van der Waals surface area (Å²) in [5.74, 6) is 0.226. The van der Waals surface area contributed by atoms with Gasteiger partial charge in [0.1, 0.15) is 11.6 Å². The molecule has 3 aliphatic rings. The van der Waals surface area contributed by atoms with E-state index in [9.17, 15) is 8.78 Å². The van der Waals surface area contributed by atoms with Gasteiger partial charge in [0.2, 0.25) is 0 Å². The van der Waals surface area contributed by atoms with Crippen LogP contribution in [0.5, 0.6) is 0 Å². The lowest BCUT2D eigenvalue weighted by Gasteiger charge is -2.49. The number of rotatable bonds is 3. The number of benzene rings is 2. The first-order valence-electron chi connectivity index (χ1n) is 9.40. The van der Waals surface area contributed by atoms with E-state index in [1.54, 1.807) is 24.3 Å². The maximum atomic E-state index is 13.4. The minimum Gasteiger partial charge on any atom is -0.313 e. The Kier molecular flexibility index (Phi) is 4.57. The largest absolute Gasteiger partial charge is 0.313 e. The molecule has 4 heteroatoms. The Hall–Kier alpha value is -1.78. The number of hydrogen-bond acceptors (Lipinski definition) is 2. The van der Waals surface area contributed by atoms with Gasteiger partial charge in [-0.25, -0.2) is 8.78 Å². The summed E-state index contributed by atoms with van der Waals surface area (Å²) in [4.78, 5) is 2.36. The SMILES string of the molecule is CN(C)C12CCNC(C(c3ccc(F)cc3)C1)C(c1ccc(F)cc1)C2. The van der Waals surface area contributed by atoms with Gasteiger partial charge in [-0.05, 0) is 75.3 Å². The summed E-state index contributed by atoms with van der Waals surface area (Å²) >= 11 is 0. The quantitative estimate of drug-likeness (QED) is 0.883. The standard InChI is InChI=1S/C22H26F2N2/c1-26(2)22-11-12-25-21(19(13-22)15-3-7-17(23)8-4-15)20(14-22)16-5-9-18(24)10-6-16/h3-10,19-21,25H,11-14H2,1-2H3. The second-order valence-corrected chi connectivity index (χ2v) is 8.07. The fourth-order valence-corrected chi connectivity index (χ4v) is 5.06. The topological polar surface area (TPSA) is 15.3 Å². The first-order chi connectivity index (χ1) is 12.5. The molecule has 0 spiro atoms. The van der Waals surface area contributed by atoms with Crippen LogP contribution in [0.2, 0.25) is 0 Å². The van der Waals surface area contributed by atoms with Crippen LogP contribution in [0.15, 0.2) is 48.5 Å². The van der Waals surface area contributed by atoms with Crippen LogP contribution in [-0.4, -0.2) is 37.1 Å². The summed E-state index contributed by atoms with van der Waals surface area (Å²) in [5.41, 5.74) is 2.46. The molecule has 2 saturated heterocycles. The molecule has 0 aromatic heterocycles. The molecule has 3 fully saturated rings. The number of hydrogen-bond donors (Lipinski definition) is 1. The van der Waals surface area contributed by atoms with Gasteiger partial charge in [-0.15, -0.1) is 0 Å². The van der Waals surface area contributed by atoms with Crippen LogP contribution >= 0.6 is 0 Å². The zero-order chi connectivity index (χ0) is 18.3. The Morgan fingerprint density at radius 3 is 1.73 bits per heavy atom. The zero-order valence-corrected chi connectivity index (χ0v) is 15.4. The molecule has 2 aromatic rings. The second kappa shape index (κ2) is 6.75. The van der Waals surface area contributed by atoms with Crippen molar-refractivity contribution < 1.29 is 8.78 Å². The molecular weight excluding hydrogens is 330 g/mol. The second-order valence-electron chi connectivity index (χ2n) is 8.07. The molecule has 1 saturated carbocycles. The van der Waals surface area contributed by atoms with Crippen LogP contribution in [-0.2, 0) is 0 Å². The van der Waals surface area contributed by atoms with Crippen molar-refractivity contribution >= 4 is 0 Å². The average Bonchev–Trinajstić information content (AvgIpc) is 2.94. The number of fused-ring (bicyclic) bond motifs is 4. The third kappa shape index (κ3) is 3.06. The molecule has 0 amide bonds. The molecule has 2 nitrogen and oxygen atoms in total. The molecule has 138 valence electrons. The van der Waals surface area contributed by atoms with Crippen molar-refractivity contribution in [3.8, 4) is 0 Å². The van der Waals surface area contributed by atoms with Crippen molar-refractivity contribution in [1.29, 1.82) is 0 Å². The molecule has 5 rings (SSSR count). The van der Waals surface area contributed by atoms with Crippen LogP contribution in [0.25, 0.3) is 0 Å². The van der Waals surface area contributed by atoms with Gasteiger partial charge in [-0.3, -0.25) is 0 Å². The van der Waals surface area contributed by atoms with Crippen molar-refractivity contribution in [3.05, 3.63) is 71.3 Å². The van der Waals surface area contributed by atoms with Gasteiger partial charge < -0.3 is 10.2 Å². The Labute approximate surface area is 154 Å². The fraction of sp³-hybridized carbons (Fsp3) is 0.455. The van der Waals surface area contributed by atoms with Crippen LogP contribution in [0.4, 0.5) is 8.78 Å². The molecule has 2 bridgehead atoms. The summed E-state index contributed by atoms with van der Waals surface area (Å²) in [6, 6.07) is 14.2. The summed E-state index contributed by atoms with van der Waals surface area (Å²) in [7, 11) is 4.32. The van der Waals surface area contributed by atoms with E-state index in [0.29, 0.717) is 11.8 Å². The van der Waals surface area contributed by atoms with E-state index in [4.69, 9.17) is 0 Å². The van der Waals surface area contributed by atoms with Gasteiger partial charge in [0.05, 0.1) is 0 Å². The minimum absolute atomic E-state index is 0.0953. The summed E-state index contributed by atoms with van der Waals surface area (Å²) in [6.07, 6.45) is 3.20. The number of nitrogens with zero attached hydrogens (tertiary/aromatic N) is 1. The molecule has 26 heavy (non-hydrogen) atoms. The van der Waals surface area contributed by atoms with Gasteiger partial charge in [0.25, 0.3) is 0 Å². The molecule has 1 aliphatic carbocycles. The highest BCUT2D eigenvalue weighted by atomic mass is 19.1. The van der Waals surface area contributed by atoms with Crippen LogP contribution < -0.4 is 5.32 Å². The zero-order valence-electron chi connectivity index (χ0n) is 15.4. The Morgan fingerprint density at radius 2 is 1.31 bits per heavy atom. The van der Waals surface area contributed by atoms with Crippen molar-refractivity contribution in [2.75, 3.05) is 20.6 Å². The fourth-order valence-electron chi connectivity index (χ4n) is 5.06. The van der Waals surface area contributed by atoms with Crippen LogP contribution in [0.1, 0.15) is 42.2 Å². The highest BCUT2D eigenvalue weighted by Crippen LogP contribution is 2.51. The molecule has 2 aliphatic heterocycles. The number of halogens is 2. The predicted octanol–water partition coefficient (Wildman–Crippen LogP) is 4.29. The highest BCUT2D eigenvalue weighted by Gasteiger charge is 2.50. The Bertz CT molecular complexity index is 699. The van der Waals surface area contributed by atoms with E-state index in [1.165, 1.54) is 11.1 Å². The predicted molar refractivity (Wildman–Crippen MR) is 100 cm³/mol. The van der Waals surface area contributed by atoms with Gasteiger partial charge in [0.15, 0.2) is 0 Å². The van der Waals surface area contributed by atoms with Gasteiger partial charge in [-0.1, -0.05) is 24.3 Å². The monoisotopic (exact) mass is 356 g/mol. The van der Waals surface area contributed by atoms with E-state index >= 15 is 0 Å². The van der Waals surface area contributed by atoms with Gasteiger partial charge in [0, 0.05) is 23.4 Å². The molecule has 2 unspecified atom stereocenters. The Balaban J connectivity index is 1.77. The smallest absolute Gasteiger partial charge is 0.123 e. The lowest BCUT2D eigenvalue weighted by atomic mass is 9.64. The maximum absolute atomic E-state index is 13.4. The molecule has 2 atom stereocenters. The molecule has 1 N–H and O–H groups in total. The van der Waals surface area contributed by atoms with E-state index in [1.807, 2.05) is 24.3 Å². The summed E-state index contributed by atoms with van der Waals surface area (Å²) in [5, 5.41) is 3.76. The van der Waals surface area contributed by atoms with Gasteiger partial charge in [-0.2, -0.15) is 0 Å². The summed E-state index contributed by atoms with van der Waals surface area (Å²) < 4.78 is 26.9. The van der Waals surface area contributed by atoms with E-state index in [-0.39, 0.29) is 23.2 Å². The van der Waals surface area contributed by atoms with Crippen molar-refractivity contribution in [2.45, 2.75) is 42.7 Å². The molecule has 0 radical (unpaired) electrons. The van der Waals surface area contributed by atoms with Gasteiger partial charge >= 0.3 is 0 Å². The lowest BCUT2D eigenvalue weighted by molar-refractivity contribution is 0.0790. The van der Waals surface area contributed by atoms with E-state index in [0.717, 1.165) is 25.8 Å². The third-order valence-corrected chi connectivity index (χ3v) is 6.58. The van der Waals surface area contributed by atoms with E-state index in [2.05, 4.69) is 24.3 Å². The van der Waals surface area contributed by atoms with Crippen molar-refractivity contribution in [1.82, 2.24) is 10.2 Å². The molecule has 2 aromatic carbocycles. The first kappa shape index (κ1) is 17.6. The van der Waals surface area contributed by atoms with Crippen LogP contribution in [0.3, 0.4) is 0 Å². The third-order valence-electron chi connectivity index (χ3n) is 6.58. The van der Waals surface area contributed by atoms with Crippen LogP contribution in [0, 0.1) is 11.6 Å². The lowest BCUT2D eigenvalue weighted by Crippen LogP contribution is -2.52.